The van der Waals surface area contributed by atoms with Crippen LogP contribution < -0.4 is 0 Å². The first-order valence-electron chi connectivity index (χ1n) is 5.33. The monoisotopic (exact) mass is 315 g/mol. The SMILES string of the molecule is CC(c1ccc(Br)cc1)N(CC(=O)O)CC(=O)O. The lowest BCUT2D eigenvalue weighted by Gasteiger charge is -2.26. The Hall–Kier alpha value is -1.40. The van der Waals surface area contributed by atoms with Crippen molar-refractivity contribution >= 4 is 27.9 Å². The molecule has 0 saturated heterocycles. The minimum atomic E-state index is -1.04. The predicted molar refractivity (Wildman–Crippen MR) is 69.4 cm³/mol. The Morgan fingerprint density at radius 2 is 1.61 bits per heavy atom. The summed E-state index contributed by atoms with van der Waals surface area (Å²) in [6.07, 6.45) is 0. The quantitative estimate of drug-likeness (QED) is 0.839. The molecule has 18 heavy (non-hydrogen) atoms. The molecule has 0 spiro atoms. The van der Waals surface area contributed by atoms with Gasteiger partial charge < -0.3 is 10.2 Å². The van der Waals surface area contributed by atoms with E-state index in [2.05, 4.69) is 15.9 Å². The number of carboxylic acid groups (broad SMARTS) is 2. The summed E-state index contributed by atoms with van der Waals surface area (Å²) in [7, 11) is 0. The van der Waals surface area contributed by atoms with Crippen molar-refractivity contribution in [3.8, 4) is 0 Å². The van der Waals surface area contributed by atoms with Gasteiger partial charge in [-0.1, -0.05) is 28.1 Å². The Morgan fingerprint density at radius 3 is 2.00 bits per heavy atom. The zero-order valence-corrected chi connectivity index (χ0v) is 11.4. The van der Waals surface area contributed by atoms with E-state index in [-0.39, 0.29) is 19.1 Å². The van der Waals surface area contributed by atoms with Crippen LogP contribution >= 0.6 is 15.9 Å². The Bertz CT molecular complexity index is 416. The molecular formula is C12H14BrNO4. The molecule has 1 unspecified atom stereocenters. The highest BCUT2D eigenvalue weighted by Gasteiger charge is 2.20. The standard InChI is InChI=1S/C12H14BrNO4/c1-8(9-2-4-10(13)5-3-9)14(6-11(15)16)7-12(17)18/h2-5,8H,6-7H2,1H3,(H,15,16)(H,17,18). The molecule has 0 aliphatic carbocycles. The van der Waals surface area contributed by atoms with Crippen LogP contribution in [0.3, 0.4) is 0 Å². The van der Waals surface area contributed by atoms with Crippen molar-refractivity contribution < 1.29 is 19.8 Å². The van der Waals surface area contributed by atoms with Crippen LogP contribution in [-0.2, 0) is 9.59 Å². The molecule has 98 valence electrons. The molecule has 0 saturated carbocycles. The molecule has 0 amide bonds. The highest BCUT2D eigenvalue weighted by atomic mass is 79.9. The number of carbonyl (C=O) groups is 2. The number of hydrogen-bond donors (Lipinski definition) is 2. The van der Waals surface area contributed by atoms with Gasteiger partial charge in [0.15, 0.2) is 0 Å². The second kappa shape index (κ2) is 6.51. The van der Waals surface area contributed by atoms with Crippen LogP contribution in [0.1, 0.15) is 18.5 Å². The van der Waals surface area contributed by atoms with E-state index < -0.39 is 11.9 Å². The van der Waals surface area contributed by atoms with E-state index in [1.54, 1.807) is 6.92 Å². The van der Waals surface area contributed by atoms with Crippen molar-refractivity contribution in [2.75, 3.05) is 13.1 Å². The summed E-state index contributed by atoms with van der Waals surface area (Å²) < 4.78 is 0.918. The minimum Gasteiger partial charge on any atom is -0.480 e. The average molecular weight is 316 g/mol. The maximum absolute atomic E-state index is 10.7. The second-order valence-corrected chi connectivity index (χ2v) is 4.84. The van der Waals surface area contributed by atoms with Crippen LogP contribution in [0.5, 0.6) is 0 Å². The van der Waals surface area contributed by atoms with Crippen LogP contribution in [0, 0.1) is 0 Å². The first-order chi connectivity index (χ1) is 8.40. The normalized spacial score (nSPS) is 12.4. The molecular weight excluding hydrogens is 302 g/mol. The van der Waals surface area contributed by atoms with Gasteiger partial charge in [0.05, 0.1) is 13.1 Å². The second-order valence-electron chi connectivity index (χ2n) is 3.92. The van der Waals surface area contributed by atoms with Gasteiger partial charge in [0.2, 0.25) is 0 Å². The van der Waals surface area contributed by atoms with Gasteiger partial charge in [-0.15, -0.1) is 0 Å². The molecule has 0 aliphatic heterocycles. The number of benzene rings is 1. The average Bonchev–Trinajstić information content (AvgIpc) is 2.27. The Kier molecular flexibility index (Phi) is 5.30. The van der Waals surface area contributed by atoms with E-state index >= 15 is 0 Å². The molecule has 1 aromatic rings. The Balaban J connectivity index is 2.86. The van der Waals surface area contributed by atoms with Gasteiger partial charge in [-0.25, -0.2) is 0 Å². The van der Waals surface area contributed by atoms with Crippen LogP contribution in [-0.4, -0.2) is 40.1 Å². The molecule has 0 aliphatic rings. The lowest BCUT2D eigenvalue weighted by molar-refractivity contribution is -0.142. The molecule has 0 bridgehead atoms. The molecule has 0 fully saturated rings. The first-order valence-corrected chi connectivity index (χ1v) is 6.12. The van der Waals surface area contributed by atoms with Gasteiger partial charge in [-0.3, -0.25) is 14.5 Å². The van der Waals surface area contributed by atoms with Gasteiger partial charge in [-0.2, -0.15) is 0 Å². The fraction of sp³-hybridized carbons (Fsp3) is 0.333. The van der Waals surface area contributed by atoms with Gasteiger partial charge in [0, 0.05) is 10.5 Å². The third-order valence-corrected chi connectivity index (χ3v) is 3.11. The third-order valence-electron chi connectivity index (χ3n) is 2.58. The van der Waals surface area contributed by atoms with E-state index in [1.807, 2.05) is 24.3 Å². The summed E-state index contributed by atoms with van der Waals surface area (Å²) in [5.74, 6) is -2.08. The van der Waals surface area contributed by atoms with E-state index in [4.69, 9.17) is 10.2 Å². The highest BCUT2D eigenvalue weighted by Crippen LogP contribution is 2.21. The fourth-order valence-electron chi connectivity index (χ4n) is 1.63. The van der Waals surface area contributed by atoms with Crippen molar-refractivity contribution in [2.24, 2.45) is 0 Å². The number of halogens is 1. The maximum Gasteiger partial charge on any atom is 0.317 e. The molecule has 1 aromatic carbocycles. The topological polar surface area (TPSA) is 77.8 Å². The largest absolute Gasteiger partial charge is 0.480 e. The fourth-order valence-corrected chi connectivity index (χ4v) is 1.89. The van der Waals surface area contributed by atoms with Crippen LogP contribution in [0.15, 0.2) is 28.7 Å². The lowest BCUT2D eigenvalue weighted by Crippen LogP contribution is -2.36. The first kappa shape index (κ1) is 14.7. The number of hydrogen-bond acceptors (Lipinski definition) is 3. The summed E-state index contributed by atoms with van der Waals surface area (Å²) in [5, 5.41) is 17.6. The summed E-state index contributed by atoms with van der Waals surface area (Å²) >= 11 is 3.31. The summed E-state index contributed by atoms with van der Waals surface area (Å²) in [4.78, 5) is 22.9. The molecule has 0 aromatic heterocycles. The van der Waals surface area contributed by atoms with Crippen molar-refractivity contribution in [3.05, 3.63) is 34.3 Å². The van der Waals surface area contributed by atoms with Crippen LogP contribution in [0.25, 0.3) is 0 Å². The van der Waals surface area contributed by atoms with E-state index in [0.717, 1.165) is 10.0 Å². The van der Waals surface area contributed by atoms with Crippen molar-refractivity contribution in [1.29, 1.82) is 0 Å². The number of rotatable bonds is 6. The minimum absolute atomic E-state index is 0.273. The zero-order chi connectivity index (χ0) is 13.7. The smallest absolute Gasteiger partial charge is 0.317 e. The molecule has 0 heterocycles. The molecule has 2 N–H and O–H groups in total. The van der Waals surface area contributed by atoms with Crippen LogP contribution in [0.2, 0.25) is 0 Å². The van der Waals surface area contributed by atoms with Gasteiger partial charge in [-0.05, 0) is 24.6 Å². The lowest BCUT2D eigenvalue weighted by atomic mass is 10.1. The maximum atomic E-state index is 10.7. The molecule has 0 radical (unpaired) electrons. The number of aliphatic carboxylic acids is 2. The van der Waals surface area contributed by atoms with E-state index in [1.165, 1.54) is 4.90 Å². The molecule has 1 rings (SSSR count). The predicted octanol–water partition coefficient (Wildman–Crippen LogP) is 1.98. The van der Waals surface area contributed by atoms with Crippen molar-refractivity contribution in [3.63, 3.8) is 0 Å². The summed E-state index contributed by atoms with van der Waals surface area (Å²) in [6.45, 7) is 1.18. The number of carboxylic acids is 2. The Labute approximate surface area is 113 Å². The molecule has 1 atom stereocenters. The Morgan fingerprint density at radius 1 is 1.17 bits per heavy atom. The van der Waals surface area contributed by atoms with E-state index in [0.29, 0.717) is 0 Å². The van der Waals surface area contributed by atoms with Crippen LogP contribution in [0.4, 0.5) is 0 Å². The van der Waals surface area contributed by atoms with Crippen molar-refractivity contribution in [1.82, 2.24) is 4.90 Å². The highest BCUT2D eigenvalue weighted by molar-refractivity contribution is 9.10. The molecule has 5 nitrogen and oxygen atoms in total. The van der Waals surface area contributed by atoms with Gasteiger partial charge in [0.25, 0.3) is 0 Å². The van der Waals surface area contributed by atoms with Gasteiger partial charge in [0.1, 0.15) is 0 Å². The van der Waals surface area contributed by atoms with Crippen molar-refractivity contribution in [2.45, 2.75) is 13.0 Å². The number of nitrogens with zero attached hydrogens (tertiary/aromatic N) is 1. The molecule has 6 heteroatoms. The zero-order valence-electron chi connectivity index (χ0n) is 9.84. The van der Waals surface area contributed by atoms with E-state index in [9.17, 15) is 9.59 Å². The van der Waals surface area contributed by atoms with Gasteiger partial charge >= 0.3 is 11.9 Å². The summed E-state index contributed by atoms with van der Waals surface area (Å²) in [6, 6.07) is 7.08. The summed E-state index contributed by atoms with van der Waals surface area (Å²) in [5.41, 5.74) is 0.876. The third kappa shape index (κ3) is 4.46.